The quantitative estimate of drug-likeness (QED) is 0.765. The van der Waals surface area contributed by atoms with Gasteiger partial charge in [-0.2, -0.15) is 0 Å². The summed E-state index contributed by atoms with van der Waals surface area (Å²) in [4.78, 5) is 2.83. The fourth-order valence-electron chi connectivity index (χ4n) is 3.81. The summed E-state index contributed by atoms with van der Waals surface area (Å²) in [5.41, 5.74) is 5.78. The number of piperidine rings is 1. The highest BCUT2D eigenvalue weighted by Gasteiger charge is 2.29. The molecule has 0 aromatic rings. The van der Waals surface area contributed by atoms with Crippen LogP contribution < -0.4 is 5.73 Å². The summed E-state index contributed by atoms with van der Waals surface area (Å²) in [7, 11) is 0. The highest BCUT2D eigenvalue weighted by atomic mass is 15.2. The van der Waals surface area contributed by atoms with E-state index >= 15 is 0 Å². The van der Waals surface area contributed by atoms with Crippen LogP contribution in [0.5, 0.6) is 0 Å². The molecule has 1 aliphatic heterocycles. The second-order valence-corrected chi connectivity index (χ2v) is 6.23. The average molecular weight is 238 g/mol. The standard InChI is InChI=1S/C15H30N2/c1-13-5-4-7-14(9-8-13)17-12-3-2-6-15(17)10-11-16/h13-15H,2-12,16H2,1H3. The number of rotatable bonds is 3. The van der Waals surface area contributed by atoms with Gasteiger partial charge in [0.1, 0.15) is 0 Å². The molecule has 1 saturated heterocycles. The zero-order valence-corrected chi connectivity index (χ0v) is 11.5. The lowest BCUT2D eigenvalue weighted by Gasteiger charge is -2.41. The molecule has 1 heterocycles. The number of hydrogen-bond acceptors (Lipinski definition) is 2. The Morgan fingerprint density at radius 1 is 1.00 bits per heavy atom. The van der Waals surface area contributed by atoms with Crippen molar-refractivity contribution in [2.75, 3.05) is 13.1 Å². The van der Waals surface area contributed by atoms with Gasteiger partial charge in [-0.25, -0.2) is 0 Å². The van der Waals surface area contributed by atoms with Gasteiger partial charge in [-0.05, 0) is 57.5 Å². The topological polar surface area (TPSA) is 29.3 Å². The Balaban J connectivity index is 1.92. The summed E-state index contributed by atoms with van der Waals surface area (Å²) in [5.74, 6) is 0.956. The van der Waals surface area contributed by atoms with Gasteiger partial charge in [0.15, 0.2) is 0 Å². The maximum atomic E-state index is 5.78. The maximum absolute atomic E-state index is 5.78. The summed E-state index contributed by atoms with van der Waals surface area (Å²) < 4.78 is 0. The molecule has 0 amide bonds. The van der Waals surface area contributed by atoms with Gasteiger partial charge >= 0.3 is 0 Å². The Labute approximate surface area is 107 Å². The van der Waals surface area contributed by atoms with Crippen molar-refractivity contribution < 1.29 is 0 Å². The van der Waals surface area contributed by atoms with E-state index in [0.717, 1.165) is 24.5 Å². The van der Waals surface area contributed by atoms with Crippen LogP contribution in [0.15, 0.2) is 0 Å². The lowest BCUT2D eigenvalue weighted by atomic mass is 9.94. The number of likely N-dealkylation sites (tertiary alicyclic amines) is 1. The predicted molar refractivity (Wildman–Crippen MR) is 74.1 cm³/mol. The molecule has 2 aliphatic rings. The molecule has 0 aromatic carbocycles. The average Bonchev–Trinajstić information content (AvgIpc) is 2.55. The smallest absolute Gasteiger partial charge is 0.0110 e. The van der Waals surface area contributed by atoms with Gasteiger partial charge in [-0.3, -0.25) is 4.90 Å². The summed E-state index contributed by atoms with van der Waals surface area (Å²) >= 11 is 0. The van der Waals surface area contributed by atoms with E-state index in [1.165, 1.54) is 64.3 Å². The van der Waals surface area contributed by atoms with E-state index in [-0.39, 0.29) is 0 Å². The highest BCUT2D eigenvalue weighted by Crippen LogP contribution is 2.30. The third-order valence-electron chi connectivity index (χ3n) is 4.87. The molecule has 0 aromatic heterocycles. The lowest BCUT2D eigenvalue weighted by Crippen LogP contribution is -2.46. The van der Waals surface area contributed by atoms with Crippen LogP contribution in [-0.4, -0.2) is 30.1 Å². The van der Waals surface area contributed by atoms with E-state index in [1.54, 1.807) is 0 Å². The number of nitrogens with zero attached hydrogens (tertiary/aromatic N) is 1. The van der Waals surface area contributed by atoms with Gasteiger partial charge in [0, 0.05) is 12.1 Å². The Kier molecular flexibility index (Phi) is 5.30. The zero-order valence-electron chi connectivity index (χ0n) is 11.5. The van der Waals surface area contributed by atoms with E-state index in [4.69, 9.17) is 5.73 Å². The second kappa shape index (κ2) is 6.75. The molecule has 1 saturated carbocycles. The molecule has 3 atom stereocenters. The molecule has 100 valence electrons. The first-order valence-corrected chi connectivity index (χ1v) is 7.77. The third kappa shape index (κ3) is 3.69. The van der Waals surface area contributed by atoms with Gasteiger partial charge in [-0.1, -0.05) is 26.2 Å². The first kappa shape index (κ1) is 13.4. The minimum atomic E-state index is 0.798. The minimum Gasteiger partial charge on any atom is -0.330 e. The number of hydrogen-bond donors (Lipinski definition) is 1. The van der Waals surface area contributed by atoms with Crippen LogP contribution in [0.1, 0.15) is 64.7 Å². The van der Waals surface area contributed by atoms with Gasteiger partial charge in [0.25, 0.3) is 0 Å². The Morgan fingerprint density at radius 3 is 2.71 bits per heavy atom. The van der Waals surface area contributed by atoms with Crippen molar-refractivity contribution in [3.63, 3.8) is 0 Å². The fraction of sp³-hybridized carbons (Fsp3) is 1.00. The summed E-state index contributed by atoms with van der Waals surface area (Å²) in [6.45, 7) is 4.63. The van der Waals surface area contributed by atoms with Crippen molar-refractivity contribution in [2.45, 2.75) is 76.8 Å². The highest BCUT2D eigenvalue weighted by molar-refractivity contribution is 4.85. The first-order valence-electron chi connectivity index (χ1n) is 7.77. The van der Waals surface area contributed by atoms with E-state index < -0.39 is 0 Å². The van der Waals surface area contributed by atoms with Crippen molar-refractivity contribution in [2.24, 2.45) is 11.7 Å². The molecule has 2 nitrogen and oxygen atoms in total. The van der Waals surface area contributed by atoms with Crippen LogP contribution in [0.2, 0.25) is 0 Å². The molecule has 0 radical (unpaired) electrons. The molecule has 2 N–H and O–H groups in total. The van der Waals surface area contributed by atoms with Crippen LogP contribution in [0.4, 0.5) is 0 Å². The van der Waals surface area contributed by atoms with E-state index in [9.17, 15) is 0 Å². The van der Waals surface area contributed by atoms with Crippen molar-refractivity contribution >= 4 is 0 Å². The fourth-order valence-corrected chi connectivity index (χ4v) is 3.81. The second-order valence-electron chi connectivity index (χ2n) is 6.23. The van der Waals surface area contributed by atoms with E-state index in [2.05, 4.69) is 11.8 Å². The summed E-state index contributed by atoms with van der Waals surface area (Å²) in [6.07, 6.45) is 12.6. The number of nitrogens with two attached hydrogens (primary N) is 1. The summed E-state index contributed by atoms with van der Waals surface area (Å²) in [5, 5.41) is 0. The normalized spacial score (nSPS) is 36.7. The molecule has 0 bridgehead atoms. The Bertz CT molecular complexity index is 215. The first-order chi connectivity index (χ1) is 8.31. The molecule has 2 heteroatoms. The van der Waals surface area contributed by atoms with Gasteiger partial charge in [0.05, 0.1) is 0 Å². The van der Waals surface area contributed by atoms with Crippen LogP contribution in [0.3, 0.4) is 0 Å². The molecule has 2 rings (SSSR count). The van der Waals surface area contributed by atoms with Gasteiger partial charge < -0.3 is 5.73 Å². The van der Waals surface area contributed by atoms with Crippen LogP contribution in [0, 0.1) is 5.92 Å². The van der Waals surface area contributed by atoms with Crippen molar-refractivity contribution in [1.29, 1.82) is 0 Å². The molecule has 17 heavy (non-hydrogen) atoms. The Hall–Kier alpha value is -0.0800. The van der Waals surface area contributed by atoms with Crippen molar-refractivity contribution in [3.8, 4) is 0 Å². The monoisotopic (exact) mass is 238 g/mol. The van der Waals surface area contributed by atoms with Gasteiger partial charge in [-0.15, -0.1) is 0 Å². The molecule has 0 spiro atoms. The van der Waals surface area contributed by atoms with Gasteiger partial charge in [0.2, 0.25) is 0 Å². The van der Waals surface area contributed by atoms with Crippen molar-refractivity contribution in [1.82, 2.24) is 4.90 Å². The third-order valence-corrected chi connectivity index (χ3v) is 4.87. The van der Waals surface area contributed by atoms with Crippen molar-refractivity contribution in [3.05, 3.63) is 0 Å². The molecular formula is C15H30N2. The molecule has 3 unspecified atom stereocenters. The lowest BCUT2D eigenvalue weighted by molar-refractivity contribution is 0.0808. The molecule has 2 fully saturated rings. The van der Waals surface area contributed by atoms with E-state index in [0.29, 0.717) is 0 Å². The van der Waals surface area contributed by atoms with Crippen LogP contribution >= 0.6 is 0 Å². The Morgan fingerprint density at radius 2 is 1.88 bits per heavy atom. The molecule has 1 aliphatic carbocycles. The van der Waals surface area contributed by atoms with Crippen LogP contribution in [-0.2, 0) is 0 Å². The van der Waals surface area contributed by atoms with Crippen LogP contribution in [0.25, 0.3) is 0 Å². The summed E-state index contributed by atoms with van der Waals surface area (Å²) in [6, 6.07) is 1.67. The van der Waals surface area contributed by atoms with E-state index in [1.807, 2.05) is 0 Å². The largest absolute Gasteiger partial charge is 0.330 e. The predicted octanol–water partition coefficient (Wildman–Crippen LogP) is 3.16. The minimum absolute atomic E-state index is 0.798. The maximum Gasteiger partial charge on any atom is 0.0110 e. The zero-order chi connectivity index (χ0) is 12.1. The molecular weight excluding hydrogens is 208 g/mol. The SMILES string of the molecule is CC1CCCC(N2CCCCC2CCN)CC1.